The van der Waals surface area contributed by atoms with Gasteiger partial charge in [-0.3, -0.25) is 9.48 Å². The van der Waals surface area contributed by atoms with Gasteiger partial charge in [-0.25, -0.2) is 0 Å². The van der Waals surface area contributed by atoms with Gasteiger partial charge in [-0.2, -0.15) is 5.10 Å². The van der Waals surface area contributed by atoms with Gasteiger partial charge in [0.05, 0.1) is 6.54 Å². The Morgan fingerprint density at radius 1 is 1.50 bits per heavy atom. The second-order valence-corrected chi connectivity index (χ2v) is 4.10. The smallest absolute Gasteiger partial charge is 0.251 e. The van der Waals surface area contributed by atoms with E-state index < -0.39 is 0 Å². The minimum absolute atomic E-state index is 0.117. The Labute approximate surface area is 106 Å². The number of aromatic nitrogens is 2. The van der Waals surface area contributed by atoms with Crippen molar-refractivity contribution in [3.05, 3.63) is 47.8 Å². The normalized spacial score (nSPS) is 10.3. The van der Waals surface area contributed by atoms with E-state index in [-0.39, 0.29) is 5.91 Å². The molecule has 0 saturated heterocycles. The topological polar surface area (TPSA) is 72.9 Å². The number of carbonyl (C=O) groups excluding carboxylic acids is 1. The van der Waals surface area contributed by atoms with Crippen LogP contribution in [0.5, 0.6) is 0 Å². The summed E-state index contributed by atoms with van der Waals surface area (Å²) in [5.41, 5.74) is 7.96. The van der Waals surface area contributed by atoms with Crippen LogP contribution in [0.1, 0.15) is 15.9 Å². The highest BCUT2D eigenvalue weighted by Crippen LogP contribution is 2.12. The highest BCUT2D eigenvalue weighted by atomic mass is 16.1. The summed E-state index contributed by atoms with van der Waals surface area (Å²) in [4.78, 5) is 11.8. The maximum Gasteiger partial charge on any atom is 0.251 e. The summed E-state index contributed by atoms with van der Waals surface area (Å²) in [6.45, 7) is 3.10. The number of rotatable bonds is 4. The Kier molecular flexibility index (Phi) is 3.62. The number of nitrogens with zero attached hydrogens (tertiary/aromatic N) is 2. The number of amides is 1. The average Bonchev–Trinajstić information content (AvgIpc) is 2.85. The van der Waals surface area contributed by atoms with E-state index in [1.165, 1.54) is 0 Å². The zero-order valence-corrected chi connectivity index (χ0v) is 10.3. The highest BCUT2D eigenvalue weighted by molar-refractivity contribution is 5.95. The van der Waals surface area contributed by atoms with Crippen LogP contribution in [0.15, 0.2) is 36.7 Å². The molecule has 5 heteroatoms. The van der Waals surface area contributed by atoms with Crippen molar-refractivity contribution in [2.24, 2.45) is 0 Å². The molecule has 0 fully saturated rings. The fourth-order valence-corrected chi connectivity index (χ4v) is 1.60. The van der Waals surface area contributed by atoms with Crippen LogP contribution >= 0.6 is 0 Å². The lowest BCUT2D eigenvalue weighted by Gasteiger charge is -2.07. The van der Waals surface area contributed by atoms with E-state index in [4.69, 9.17) is 5.73 Å². The zero-order chi connectivity index (χ0) is 13.0. The van der Waals surface area contributed by atoms with E-state index in [9.17, 15) is 4.79 Å². The molecule has 18 heavy (non-hydrogen) atoms. The number of hydrogen-bond donors (Lipinski definition) is 2. The molecule has 5 nitrogen and oxygen atoms in total. The third-order valence-electron chi connectivity index (χ3n) is 2.73. The highest BCUT2D eigenvalue weighted by Gasteiger charge is 2.06. The molecule has 0 atom stereocenters. The Balaban J connectivity index is 1.89. The summed E-state index contributed by atoms with van der Waals surface area (Å²) in [5.74, 6) is -0.117. The van der Waals surface area contributed by atoms with Crippen molar-refractivity contribution in [3.8, 4) is 0 Å². The number of nitrogens with two attached hydrogens (primary N) is 1. The van der Waals surface area contributed by atoms with E-state index in [1.54, 1.807) is 23.0 Å². The van der Waals surface area contributed by atoms with E-state index in [1.807, 2.05) is 25.3 Å². The predicted octanol–water partition coefficient (Wildman–Crippen LogP) is 1.20. The Bertz CT molecular complexity index is 534. The lowest BCUT2D eigenvalue weighted by molar-refractivity contribution is 0.0952. The quantitative estimate of drug-likeness (QED) is 0.794. The molecule has 1 aromatic carbocycles. The van der Waals surface area contributed by atoms with Crippen LogP contribution in [0.3, 0.4) is 0 Å². The van der Waals surface area contributed by atoms with Gasteiger partial charge in [-0.15, -0.1) is 0 Å². The largest absolute Gasteiger partial charge is 0.398 e. The molecule has 0 bridgehead atoms. The van der Waals surface area contributed by atoms with Gasteiger partial charge in [-0.05, 0) is 30.7 Å². The fraction of sp³-hybridized carbons (Fsp3) is 0.231. The van der Waals surface area contributed by atoms with Gasteiger partial charge < -0.3 is 11.1 Å². The van der Waals surface area contributed by atoms with Crippen molar-refractivity contribution < 1.29 is 4.79 Å². The lowest BCUT2D eigenvalue weighted by atomic mass is 10.1. The Hall–Kier alpha value is -2.30. The first kappa shape index (κ1) is 12.2. The molecule has 0 radical (unpaired) electrons. The minimum atomic E-state index is -0.117. The van der Waals surface area contributed by atoms with Crippen LogP contribution in [-0.2, 0) is 6.54 Å². The number of carbonyl (C=O) groups is 1. The minimum Gasteiger partial charge on any atom is -0.398 e. The summed E-state index contributed by atoms with van der Waals surface area (Å²) in [7, 11) is 0. The maximum atomic E-state index is 11.8. The molecule has 1 heterocycles. The molecule has 0 unspecified atom stereocenters. The summed E-state index contributed by atoms with van der Waals surface area (Å²) in [6, 6.07) is 7.16. The third-order valence-corrected chi connectivity index (χ3v) is 2.73. The molecule has 0 aliphatic carbocycles. The number of nitrogen functional groups attached to an aromatic ring is 1. The molecule has 3 N–H and O–H groups in total. The summed E-state index contributed by atoms with van der Waals surface area (Å²) in [5, 5.41) is 6.89. The zero-order valence-electron chi connectivity index (χ0n) is 10.3. The molecule has 1 amide bonds. The van der Waals surface area contributed by atoms with Crippen LogP contribution in [0, 0.1) is 6.92 Å². The summed E-state index contributed by atoms with van der Waals surface area (Å²) in [6.07, 6.45) is 3.57. The van der Waals surface area contributed by atoms with Crippen molar-refractivity contribution in [3.63, 3.8) is 0 Å². The molecular weight excluding hydrogens is 228 g/mol. The molecule has 0 spiro atoms. The van der Waals surface area contributed by atoms with Gasteiger partial charge in [0.2, 0.25) is 0 Å². The third kappa shape index (κ3) is 2.88. The SMILES string of the molecule is Cc1ccc(C(=O)NCCn2cccn2)cc1N. The first-order valence-corrected chi connectivity index (χ1v) is 5.78. The predicted molar refractivity (Wildman–Crippen MR) is 70.2 cm³/mol. The first-order chi connectivity index (χ1) is 8.66. The van der Waals surface area contributed by atoms with Gasteiger partial charge >= 0.3 is 0 Å². The Morgan fingerprint density at radius 2 is 2.33 bits per heavy atom. The van der Waals surface area contributed by atoms with Crippen molar-refractivity contribution in [2.45, 2.75) is 13.5 Å². The van der Waals surface area contributed by atoms with Crippen LogP contribution in [0.4, 0.5) is 5.69 Å². The van der Waals surface area contributed by atoms with Gasteiger partial charge in [0, 0.05) is 30.2 Å². The van der Waals surface area contributed by atoms with Crippen molar-refractivity contribution in [2.75, 3.05) is 12.3 Å². The Morgan fingerprint density at radius 3 is 3.00 bits per heavy atom. The van der Waals surface area contributed by atoms with E-state index >= 15 is 0 Å². The van der Waals surface area contributed by atoms with Crippen LogP contribution < -0.4 is 11.1 Å². The van der Waals surface area contributed by atoms with Crippen molar-refractivity contribution >= 4 is 11.6 Å². The van der Waals surface area contributed by atoms with Crippen molar-refractivity contribution in [1.82, 2.24) is 15.1 Å². The standard InChI is InChI=1S/C13H16N4O/c1-10-3-4-11(9-12(10)14)13(18)15-6-8-17-7-2-5-16-17/h2-5,7,9H,6,8,14H2,1H3,(H,15,18). The monoisotopic (exact) mass is 244 g/mol. The molecule has 94 valence electrons. The number of hydrogen-bond acceptors (Lipinski definition) is 3. The summed E-state index contributed by atoms with van der Waals surface area (Å²) >= 11 is 0. The molecule has 0 saturated carbocycles. The van der Waals surface area contributed by atoms with Crippen LogP contribution in [0.2, 0.25) is 0 Å². The second kappa shape index (κ2) is 5.35. The molecule has 2 aromatic rings. The molecule has 0 aliphatic rings. The van der Waals surface area contributed by atoms with Gasteiger partial charge in [0.1, 0.15) is 0 Å². The number of aryl methyl sites for hydroxylation is 1. The molecule has 1 aromatic heterocycles. The average molecular weight is 244 g/mol. The van der Waals surface area contributed by atoms with Gasteiger partial charge in [0.15, 0.2) is 0 Å². The van der Waals surface area contributed by atoms with E-state index in [2.05, 4.69) is 10.4 Å². The number of benzene rings is 1. The molecule has 0 aliphatic heterocycles. The molecule has 2 rings (SSSR count). The van der Waals surface area contributed by atoms with Gasteiger partial charge in [0.25, 0.3) is 5.91 Å². The lowest BCUT2D eigenvalue weighted by Crippen LogP contribution is -2.27. The van der Waals surface area contributed by atoms with Crippen molar-refractivity contribution in [1.29, 1.82) is 0 Å². The molecular formula is C13H16N4O. The first-order valence-electron chi connectivity index (χ1n) is 5.78. The second-order valence-electron chi connectivity index (χ2n) is 4.10. The van der Waals surface area contributed by atoms with Crippen LogP contribution in [-0.4, -0.2) is 22.2 Å². The number of nitrogens with one attached hydrogen (secondary N) is 1. The van der Waals surface area contributed by atoms with E-state index in [0.717, 1.165) is 5.56 Å². The number of anilines is 1. The summed E-state index contributed by atoms with van der Waals surface area (Å²) < 4.78 is 1.77. The van der Waals surface area contributed by atoms with E-state index in [0.29, 0.717) is 24.3 Å². The van der Waals surface area contributed by atoms with Crippen LogP contribution in [0.25, 0.3) is 0 Å². The van der Waals surface area contributed by atoms with Gasteiger partial charge in [-0.1, -0.05) is 6.07 Å². The maximum absolute atomic E-state index is 11.8. The fourth-order valence-electron chi connectivity index (χ4n) is 1.60.